The molecule has 0 aromatic carbocycles. The van der Waals surface area contributed by atoms with Gasteiger partial charge in [-0.2, -0.15) is 5.11 Å². The fourth-order valence-corrected chi connectivity index (χ4v) is 0.162. The highest BCUT2D eigenvalue weighted by Gasteiger charge is 1.88. The first kappa shape index (κ1) is 6.40. The highest BCUT2D eigenvalue weighted by atomic mass is 16.5. The summed E-state index contributed by atoms with van der Waals surface area (Å²) in [5.74, 6) is 0. The lowest BCUT2D eigenvalue weighted by molar-refractivity contribution is 0.679. The van der Waals surface area contributed by atoms with Crippen LogP contribution in [0.2, 0.25) is 0 Å². The largest absolute Gasteiger partial charge is 0.775 e. The number of rotatable bonds is 2. The molecule has 0 aliphatic rings. The Morgan fingerprint density at radius 1 is 1.71 bits per heavy atom. The number of hydrogen-bond donors (Lipinski definition) is 0. The molecule has 0 aliphatic carbocycles. The lowest BCUT2D eigenvalue weighted by Crippen LogP contribution is -1.90. The molecule has 0 N–H and O–H groups in total. The third kappa shape index (κ3) is 3.22. The topological polar surface area (TPSA) is 47.8 Å². The van der Waals surface area contributed by atoms with E-state index in [4.69, 9.17) is 0 Å². The van der Waals surface area contributed by atoms with Crippen molar-refractivity contribution in [3.8, 4) is 0 Å². The Morgan fingerprint density at radius 2 is 2.29 bits per heavy atom. The van der Waals surface area contributed by atoms with Crippen molar-refractivity contribution in [2.45, 2.75) is 26.3 Å². The Bertz CT molecular complexity index is 62.7. The molecule has 0 saturated heterocycles. The Kier molecular flexibility index (Phi) is 3.28. The average molecular weight is 101 g/mol. The van der Waals surface area contributed by atoms with Gasteiger partial charge in [-0.15, -0.1) is 0 Å². The van der Waals surface area contributed by atoms with Crippen LogP contribution in [-0.4, -0.2) is 6.04 Å². The first-order valence-corrected chi connectivity index (χ1v) is 2.33. The number of hydrogen-bond acceptors (Lipinski definition) is 3. The first-order chi connectivity index (χ1) is 3.31. The van der Waals surface area contributed by atoms with Gasteiger partial charge >= 0.3 is 0 Å². The summed E-state index contributed by atoms with van der Waals surface area (Å²) in [4.78, 5) is 0. The Balaban J connectivity index is 3.16. The standard InChI is InChI=1S/C4H10N2O/c1-3-4(2)5-6-7/h4H,3H2,1-2H3,(H,5,7)/p-1. The average Bonchev–Trinajstić information content (AvgIpc) is 1.68. The quantitative estimate of drug-likeness (QED) is 0.386. The third-order valence-corrected chi connectivity index (χ3v) is 0.835. The van der Waals surface area contributed by atoms with Gasteiger partial charge in [0, 0.05) is 0 Å². The second-order valence-corrected chi connectivity index (χ2v) is 1.45. The predicted molar refractivity (Wildman–Crippen MR) is 28.0 cm³/mol. The molecule has 0 spiro atoms. The summed E-state index contributed by atoms with van der Waals surface area (Å²) in [6, 6.07) is 0.0949. The van der Waals surface area contributed by atoms with E-state index in [1.165, 1.54) is 0 Å². The minimum atomic E-state index is 0.0949. The molecule has 42 valence electrons. The highest BCUT2D eigenvalue weighted by Crippen LogP contribution is 1.93. The fourth-order valence-electron chi connectivity index (χ4n) is 0.162. The summed E-state index contributed by atoms with van der Waals surface area (Å²) < 4.78 is 0. The van der Waals surface area contributed by atoms with E-state index >= 15 is 0 Å². The van der Waals surface area contributed by atoms with E-state index in [1.807, 2.05) is 13.8 Å². The summed E-state index contributed by atoms with van der Waals surface area (Å²) in [6.45, 7) is 3.81. The lowest BCUT2D eigenvalue weighted by atomic mass is 10.3. The highest BCUT2D eigenvalue weighted by molar-refractivity contribution is 4.51. The van der Waals surface area contributed by atoms with Gasteiger partial charge in [-0.1, -0.05) is 6.92 Å². The zero-order valence-electron chi connectivity index (χ0n) is 4.59. The molecule has 0 heterocycles. The maximum absolute atomic E-state index is 9.36. The molecule has 0 saturated carbocycles. The van der Waals surface area contributed by atoms with Crippen molar-refractivity contribution in [3.63, 3.8) is 0 Å². The summed E-state index contributed by atoms with van der Waals surface area (Å²) >= 11 is 0. The smallest absolute Gasteiger partial charge is 0.0674 e. The lowest BCUT2D eigenvalue weighted by Gasteiger charge is -1.97. The minimum Gasteiger partial charge on any atom is -0.775 e. The van der Waals surface area contributed by atoms with Crippen LogP contribution in [0.1, 0.15) is 20.3 Å². The molecular formula is C4H9N2O-. The van der Waals surface area contributed by atoms with Crippen LogP contribution >= 0.6 is 0 Å². The molecule has 0 aromatic rings. The van der Waals surface area contributed by atoms with Gasteiger partial charge in [-0.25, -0.2) is 5.28 Å². The molecule has 0 aliphatic heterocycles. The summed E-state index contributed by atoms with van der Waals surface area (Å²) in [7, 11) is 0. The monoisotopic (exact) mass is 101 g/mol. The van der Waals surface area contributed by atoms with Crippen molar-refractivity contribution < 1.29 is 0 Å². The molecule has 0 bridgehead atoms. The predicted octanol–water partition coefficient (Wildman–Crippen LogP) is 1.73. The van der Waals surface area contributed by atoms with Crippen molar-refractivity contribution in [2.75, 3.05) is 0 Å². The normalized spacial score (nSPS) is 15.1. The molecular weight excluding hydrogens is 92.1 g/mol. The molecule has 7 heavy (non-hydrogen) atoms. The molecule has 0 amide bonds. The Labute approximate surface area is 43.0 Å². The molecule has 0 radical (unpaired) electrons. The number of nitrogens with zero attached hydrogens (tertiary/aromatic N) is 2. The van der Waals surface area contributed by atoms with E-state index in [1.54, 1.807) is 0 Å². The molecule has 3 heteroatoms. The van der Waals surface area contributed by atoms with Gasteiger partial charge in [-0.05, 0) is 13.3 Å². The van der Waals surface area contributed by atoms with Crippen molar-refractivity contribution in [3.05, 3.63) is 5.21 Å². The van der Waals surface area contributed by atoms with Crippen molar-refractivity contribution in [2.24, 2.45) is 10.4 Å². The first-order valence-electron chi connectivity index (χ1n) is 2.33. The minimum absolute atomic E-state index is 0.0949. The molecule has 0 rings (SSSR count). The Hall–Kier alpha value is -0.600. The molecule has 3 nitrogen and oxygen atoms in total. The van der Waals surface area contributed by atoms with Gasteiger partial charge in [-0.3, -0.25) is 0 Å². The van der Waals surface area contributed by atoms with E-state index in [9.17, 15) is 5.21 Å². The molecule has 1 atom stereocenters. The molecule has 0 aromatic heterocycles. The van der Waals surface area contributed by atoms with Crippen molar-refractivity contribution in [1.29, 1.82) is 0 Å². The van der Waals surface area contributed by atoms with Gasteiger partial charge < -0.3 is 5.21 Å². The van der Waals surface area contributed by atoms with Crippen LogP contribution in [-0.2, 0) is 0 Å². The van der Waals surface area contributed by atoms with E-state index in [0.717, 1.165) is 6.42 Å². The summed E-state index contributed by atoms with van der Waals surface area (Å²) in [5.41, 5.74) is 0. The van der Waals surface area contributed by atoms with Crippen LogP contribution < -0.4 is 0 Å². The van der Waals surface area contributed by atoms with Crippen LogP contribution in [0, 0.1) is 5.21 Å². The van der Waals surface area contributed by atoms with Crippen molar-refractivity contribution >= 4 is 0 Å². The summed E-state index contributed by atoms with van der Waals surface area (Å²) in [5, 5.41) is 15.1. The maximum atomic E-state index is 9.36. The molecule has 0 fully saturated rings. The SMILES string of the molecule is CCC(C)N=N[O-]. The van der Waals surface area contributed by atoms with E-state index in [-0.39, 0.29) is 6.04 Å². The molecule has 1 unspecified atom stereocenters. The van der Waals surface area contributed by atoms with E-state index in [2.05, 4.69) is 10.4 Å². The van der Waals surface area contributed by atoms with Crippen LogP contribution in [0.25, 0.3) is 0 Å². The maximum Gasteiger partial charge on any atom is 0.0674 e. The van der Waals surface area contributed by atoms with Crippen LogP contribution in [0.3, 0.4) is 0 Å². The van der Waals surface area contributed by atoms with Gasteiger partial charge in [0.2, 0.25) is 0 Å². The fraction of sp³-hybridized carbons (Fsp3) is 1.00. The van der Waals surface area contributed by atoms with Gasteiger partial charge in [0.05, 0.1) is 6.04 Å². The van der Waals surface area contributed by atoms with Crippen LogP contribution in [0.4, 0.5) is 0 Å². The van der Waals surface area contributed by atoms with Crippen LogP contribution in [0.5, 0.6) is 0 Å². The van der Waals surface area contributed by atoms with Crippen LogP contribution in [0.15, 0.2) is 10.4 Å². The van der Waals surface area contributed by atoms with Gasteiger partial charge in [0.15, 0.2) is 0 Å². The summed E-state index contributed by atoms with van der Waals surface area (Å²) in [6.07, 6.45) is 0.881. The second kappa shape index (κ2) is 3.59. The van der Waals surface area contributed by atoms with Crippen molar-refractivity contribution in [1.82, 2.24) is 0 Å². The zero-order chi connectivity index (χ0) is 5.70. The van der Waals surface area contributed by atoms with Gasteiger partial charge in [0.25, 0.3) is 0 Å². The van der Waals surface area contributed by atoms with E-state index < -0.39 is 0 Å². The third-order valence-electron chi connectivity index (χ3n) is 0.835. The second-order valence-electron chi connectivity index (χ2n) is 1.45. The van der Waals surface area contributed by atoms with Gasteiger partial charge in [0.1, 0.15) is 0 Å². The van der Waals surface area contributed by atoms with E-state index in [0.29, 0.717) is 0 Å². The Morgan fingerprint density at radius 3 is 2.43 bits per heavy atom. The zero-order valence-corrected chi connectivity index (χ0v) is 4.59.